The molecule has 0 atom stereocenters. The molecule has 0 bridgehead atoms. The summed E-state index contributed by atoms with van der Waals surface area (Å²) < 4.78 is 0. The van der Waals surface area contributed by atoms with Gasteiger partial charge in [-0.05, 0) is 19.4 Å². The number of nitrogens with two attached hydrogens (primary N) is 1. The first-order valence-electron chi connectivity index (χ1n) is 4.76. The van der Waals surface area contributed by atoms with E-state index in [1.54, 1.807) is 0 Å². The van der Waals surface area contributed by atoms with Crippen LogP contribution >= 0.6 is 0 Å². The molecule has 0 heterocycles. The van der Waals surface area contributed by atoms with Gasteiger partial charge >= 0.3 is 0 Å². The van der Waals surface area contributed by atoms with Crippen molar-refractivity contribution in [2.45, 2.75) is 26.7 Å². The fourth-order valence-electron chi connectivity index (χ4n) is 0.264. The number of carboxylic acids is 1. The van der Waals surface area contributed by atoms with Crippen LogP contribution in [0, 0.1) is 13.8 Å². The summed E-state index contributed by atoms with van der Waals surface area (Å²) >= 11 is 0. The molecule has 0 saturated carbocycles. The number of aliphatic carboxylic acids is 1. The second-order valence-electron chi connectivity index (χ2n) is 2.53. The maximum Gasteiger partial charge on any atom is 0.161 e. The molecule has 0 aromatic carbocycles. The summed E-state index contributed by atoms with van der Waals surface area (Å²) in [4.78, 5) is 18.9. The zero-order valence-corrected chi connectivity index (χ0v) is 16.4. The van der Waals surface area contributed by atoms with Gasteiger partial charge in [-0.1, -0.05) is 13.8 Å². The van der Waals surface area contributed by atoms with E-state index in [-0.39, 0.29) is 71.3 Å². The van der Waals surface area contributed by atoms with Crippen molar-refractivity contribution in [3.63, 3.8) is 0 Å². The molecule has 0 aliphatic carbocycles. The normalized spacial score (nSPS) is 6.53. The Labute approximate surface area is 155 Å². The van der Waals surface area contributed by atoms with E-state index in [0.29, 0.717) is 0 Å². The van der Waals surface area contributed by atoms with Gasteiger partial charge in [-0.15, -0.1) is 0 Å². The minimum atomic E-state index is -1.08. The standard InChI is InChI=1S/C5H10NO.C3H9N.C2H3O2.2Y/c1-3-4-6-5(2)7;1-2-3-4;1-2(3)4;;/h2-4H2,1H3,(H,6,7);2-4H2,1H3;1H2,(H,3,4);;/q-1;;-1;;. The largest absolute Gasteiger partial charge is 0.503 e. The van der Waals surface area contributed by atoms with Crippen LogP contribution in [0.4, 0.5) is 0 Å². The fraction of sp³-hybridized carbons (Fsp3) is 0.600. The molecule has 0 aliphatic rings. The third-order valence-corrected chi connectivity index (χ3v) is 0.861. The van der Waals surface area contributed by atoms with Crippen molar-refractivity contribution in [3.05, 3.63) is 13.8 Å². The average Bonchev–Trinajstić information content (AvgIpc) is 2.14. The number of carbonyl (C=O) groups is 2. The fourth-order valence-corrected chi connectivity index (χ4v) is 0.264. The second kappa shape index (κ2) is 30.1. The van der Waals surface area contributed by atoms with E-state index in [0.717, 1.165) is 25.9 Å². The Morgan fingerprint density at radius 3 is 1.53 bits per heavy atom. The number of carboxylic acid groups (broad SMARTS) is 1. The molecule has 0 spiro atoms. The van der Waals surface area contributed by atoms with Crippen molar-refractivity contribution >= 4 is 11.9 Å². The van der Waals surface area contributed by atoms with E-state index in [1.165, 1.54) is 0 Å². The van der Waals surface area contributed by atoms with Gasteiger partial charge in [0.15, 0.2) is 5.97 Å². The predicted molar refractivity (Wildman–Crippen MR) is 61.0 cm³/mol. The first-order chi connectivity index (χ1) is 6.92. The Morgan fingerprint density at radius 1 is 1.18 bits per heavy atom. The molecule has 4 N–H and O–H groups in total. The zero-order chi connectivity index (χ0) is 12.7. The van der Waals surface area contributed by atoms with Gasteiger partial charge in [0.25, 0.3) is 0 Å². The molecular formula is C10H22N2O3Y2-2. The van der Waals surface area contributed by atoms with Gasteiger partial charge in [-0.3, -0.25) is 11.7 Å². The number of amides is 1. The maximum atomic E-state index is 9.98. The van der Waals surface area contributed by atoms with Gasteiger partial charge in [0.2, 0.25) is 0 Å². The van der Waals surface area contributed by atoms with Crippen LogP contribution in [-0.2, 0) is 75.0 Å². The van der Waals surface area contributed by atoms with Crippen molar-refractivity contribution in [2.75, 3.05) is 13.1 Å². The summed E-state index contributed by atoms with van der Waals surface area (Å²) in [7, 11) is 0. The van der Waals surface area contributed by atoms with Gasteiger partial charge in [0, 0.05) is 72.0 Å². The van der Waals surface area contributed by atoms with E-state index < -0.39 is 5.97 Å². The quantitative estimate of drug-likeness (QED) is 0.610. The third kappa shape index (κ3) is 109. The molecule has 0 rings (SSSR count). The van der Waals surface area contributed by atoms with Crippen molar-refractivity contribution in [3.8, 4) is 0 Å². The smallest absolute Gasteiger partial charge is 0.161 e. The summed E-state index contributed by atoms with van der Waals surface area (Å²) in [5, 5.41) is 9.85. The number of hydrogen-bond acceptors (Lipinski definition) is 3. The van der Waals surface area contributed by atoms with Crippen LogP contribution in [0.5, 0.6) is 0 Å². The number of carbonyl (C=O) groups excluding carboxylic acids is 1. The molecule has 2 radical (unpaired) electrons. The summed E-state index contributed by atoms with van der Waals surface area (Å²) in [5.74, 6) is -1.28. The third-order valence-electron chi connectivity index (χ3n) is 0.861. The Morgan fingerprint density at radius 2 is 1.47 bits per heavy atom. The van der Waals surface area contributed by atoms with Gasteiger partial charge in [-0.25, -0.2) is 0 Å². The minimum absolute atomic E-state index is 0. The molecule has 98 valence electrons. The first-order valence-corrected chi connectivity index (χ1v) is 4.76. The minimum Gasteiger partial charge on any atom is -0.503 e. The van der Waals surface area contributed by atoms with E-state index >= 15 is 0 Å². The van der Waals surface area contributed by atoms with E-state index in [9.17, 15) is 4.79 Å². The molecule has 0 aliphatic heterocycles. The van der Waals surface area contributed by atoms with Crippen molar-refractivity contribution in [1.29, 1.82) is 0 Å². The SMILES string of the molecule is CCCN.[CH2-]C(=O)NCCC.[CH2-]C(=O)O.[Y].[Y]. The van der Waals surface area contributed by atoms with Crippen LogP contribution in [0.1, 0.15) is 26.7 Å². The first kappa shape index (κ1) is 30.7. The maximum absolute atomic E-state index is 9.98. The molecule has 1 amide bonds. The van der Waals surface area contributed by atoms with Gasteiger partial charge in [0.1, 0.15) is 0 Å². The van der Waals surface area contributed by atoms with Crippen molar-refractivity contribution in [1.82, 2.24) is 5.32 Å². The molecule has 0 saturated heterocycles. The van der Waals surface area contributed by atoms with Gasteiger partial charge in [-0.2, -0.15) is 0 Å². The Kier molecular flexibility index (Phi) is 54.4. The molecule has 5 nitrogen and oxygen atoms in total. The average molecular weight is 396 g/mol. The van der Waals surface area contributed by atoms with Crippen molar-refractivity contribution < 1.29 is 80.1 Å². The predicted octanol–water partition coefficient (Wildman–Crippen LogP) is 0.602. The monoisotopic (exact) mass is 396 g/mol. The summed E-state index contributed by atoms with van der Waals surface area (Å²) in [5.41, 5.74) is 5.03. The molecule has 0 fully saturated rings. The van der Waals surface area contributed by atoms with Crippen LogP contribution < -0.4 is 11.1 Å². The van der Waals surface area contributed by atoms with E-state index in [2.05, 4.69) is 26.1 Å². The zero-order valence-electron chi connectivity index (χ0n) is 10.7. The number of rotatable bonds is 3. The Bertz CT molecular complexity index is 152. The number of nitrogens with one attached hydrogen (secondary N) is 1. The van der Waals surface area contributed by atoms with Gasteiger partial charge < -0.3 is 27.9 Å². The molecule has 17 heavy (non-hydrogen) atoms. The molecule has 7 heteroatoms. The van der Waals surface area contributed by atoms with Crippen LogP contribution in [0.25, 0.3) is 0 Å². The summed E-state index contributed by atoms with van der Waals surface area (Å²) in [6.45, 7) is 11.3. The second-order valence-corrected chi connectivity index (χ2v) is 2.53. The van der Waals surface area contributed by atoms with Crippen LogP contribution in [0.15, 0.2) is 0 Å². The summed E-state index contributed by atoms with van der Waals surface area (Å²) in [6.07, 6.45) is 2.07. The Hall–Kier alpha value is 0.848. The topological polar surface area (TPSA) is 92.4 Å². The number of hydrogen-bond donors (Lipinski definition) is 3. The van der Waals surface area contributed by atoms with Crippen molar-refractivity contribution in [2.24, 2.45) is 5.73 Å². The van der Waals surface area contributed by atoms with Crippen LogP contribution in [0.2, 0.25) is 0 Å². The molecular weight excluding hydrogens is 374 g/mol. The van der Waals surface area contributed by atoms with Crippen LogP contribution in [0.3, 0.4) is 0 Å². The van der Waals surface area contributed by atoms with E-state index in [1.807, 2.05) is 6.92 Å². The van der Waals surface area contributed by atoms with Crippen LogP contribution in [-0.4, -0.2) is 30.1 Å². The van der Waals surface area contributed by atoms with E-state index in [4.69, 9.17) is 15.6 Å². The molecule has 0 aromatic rings. The molecule has 0 aromatic heterocycles. The molecule has 0 unspecified atom stereocenters. The summed E-state index contributed by atoms with van der Waals surface area (Å²) in [6, 6.07) is 0. The Balaban J connectivity index is -0.0000000425. The van der Waals surface area contributed by atoms with Gasteiger partial charge in [0.05, 0.1) is 5.91 Å².